The Morgan fingerprint density at radius 2 is 1.64 bits per heavy atom. The average Bonchev–Trinajstić information content (AvgIpc) is 2.68. The zero-order chi connectivity index (χ0) is 25.2. The van der Waals surface area contributed by atoms with Gasteiger partial charge < -0.3 is 49.8 Å². The first-order chi connectivity index (χ1) is 15.2. The number of carbonyl (C=O) groups excluding carboxylic acids is 1. The summed E-state index contributed by atoms with van der Waals surface area (Å²) in [5.74, 6) is -1.94. The summed E-state index contributed by atoms with van der Waals surface area (Å²) in [7, 11) is 0. The van der Waals surface area contributed by atoms with E-state index in [1.807, 2.05) is 0 Å². The van der Waals surface area contributed by atoms with E-state index < -0.39 is 85.1 Å². The zero-order valence-electron chi connectivity index (χ0n) is 19.7. The van der Waals surface area contributed by atoms with Crippen molar-refractivity contribution in [3.05, 3.63) is 0 Å². The molecule has 2 saturated heterocycles. The molecular formula is C21H37NO11. The molecule has 0 aliphatic carbocycles. The van der Waals surface area contributed by atoms with Crippen molar-refractivity contribution in [3.63, 3.8) is 0 Å². The van der Waals surface area contributed by atoms with E-state index in [4.69, 9.17) is 18.9 Å². The predicted molar refractivity (Wildman–Crippen MR) is 112 cm³/mol. The van der Waals surface area contributed by atoms with Crippen molar-refractivity contribution in [1.29, 1.82) is 0 Å². The van der Waals surface area contributed by atoms with E-state index in [2.05, 4.69) is 5.32 Å². The molecule has 0 bridgehead atoms. The number of aliphatic hydroxyl groups excluding tert-OH is 4. The highest BCUT2D eigenvalue weighted by atomic mass is 16.7. The van der Waals surface area contributed by atoms with E-state index in [0.29, 0.717) is 0 Å². The van der Waals surface area contributed by atoms with Gasteiger partial charge in [-0.05, 0) is 19.3 Å². The summed E-state index contributed by atoms with van der Waals surface area (Å²) in [6.07, 6.45) is -12.8. The van der Waals surface area contributed by atoms with Crippen LogP contribution in [0.25, 0.3) is 0 Å². The molecule has 192 valence electrons. The van der Waals surface area contributed by atoms with Gasteiger partial charge >= 0.3 is 5.97 Å². The van der Waals surface area contributed by atoms with Crippen LogP contribution in [0.2, 0.25) is 0 Å². The van der Waals surface area contributed by atoms with Crippen LogP contribution in [0.15, 0.2) is 0 Å². The molecule has 12 nitrogen and oxygen atoms in total. The molecule has 0 saturated carbocycles. The second-order valence-corrected chi connectivity index (χ2v) is 9.86. The molecule has 2 heterocycles. The standard InChI is InChI=1S/C21H37NO11/c1-8(2)30-15-11(22-9(3)24)20(31-10(7-23)12(15)25)33-16-13(26)14(27)18(21(4,5)6)32-17(16)19(28)29/h8,10-18,20,23,25-27H,7H2,1-6H3,(H,22,24)(H,28,29). The van der Waals surface area contributed by atoms with Crippen LogP contribution in [0.1, 0.15) is 41.5 Å². The van der Waals surface area contributed by atoms with Crippen molar-refractivity contribution < 1.29 is 54.1 Å². The SMILES string of the molecule is CC(=O)NC1C(OC2C(C(=O)O)OC(C(C)(C)C)C(O)C2O)OC(CO)C(O)C1OC(C)C. The lowest BCUT2D eigenvalue weighted by atomic mass is 9.80. The minimum Gasteiger partial charge on any atom is -0.479 e. The average molecular weight is 480 g/mol. The number of amides is 1. The normalized spacial score (nSPS) is 40.0. The zero-order valence-corrected chi connectivity index (χ0v) is 19.7. The molecule has 2 aliphatic rings. The summed E-state index contributed by atoms with van der Waals surface area (Å²) in [6.45, 7) is 9.21. The maximum Gasteiger partial charge on any atom is 0.335 e. The Bertz CT molecular complexity index is 682. The summed E-state index contributed by atoms with van der Waals surface area (Å²) in [6, 6.07) is -1.12. The third-order valence-corrected chi connectivity index (χ3v) is 5.63. The highest BCUT2D eigenvalue weighted by Gasteiger charge is 2.55. The molecule has 2 aliphatic heterocycles. The molecule has 0 aromatic heterocycles. The first-order valence-corrected chi connectivity index (χ1v) is 11.0. The number of aliphatic hydroxyl groups is 4. The number of carboxylic acid groups (broad SMARTS) is 1. The molecule has 0 radical (unpaired) electrons. The third kappa shape index (κ3) is 6.40. The van der Waals surface area contributed by atoms with Crippen LogP contribution < -0.4 is 5.32 Å². The summed E-state index contributed by atoms with van der Waals surface area (Å²) in [4.78, 5) is 23.8. The Labute approximate surface area is 192 Å². The van der Waals surface area contributed by atoms with Crippen molar-refractivity contribution in [2.75, 3.05) is 6.61 Å². The van der Waals surface area contributed by atoms with Gasteiger partial charge in [-0.25, -0.2) is 4.79 Å². The van der Waals surface area contributed by atoms with Crippen LogP contribution in [-0.4, -0.2) is 111 Å². The van der Waals surface area contributed by atoms with Crippen LogP contribution >= 0.6 is 0 Å². The maximum atomic E-state index is 12.0. The van der Waals surface area contributed by atoms with Crippen LogP contribution in [0, 0.1) is 5.41 Å². The molecule has 33 heavy (non-hydrogen) atoms. The lowest BCUT2D eigenvalue weighted by Crippen LogP contribution is -2.69. The summed E-state index contributed by atoms with van der Waals surface area (Å²) < 4.78 is 22.8. The van der Waals surface area contributed by atoms with Gasteiger partial charge in [0.2, 0.25) is 5.91 Å². The number of hydrogen-bond donors (Lipinski definition) is 6. The van der Waals surface area contributed by atoms with E-state index in [1.54, 1.807) is 34.6 Å². The van der Waals surface area contributed by atoms with Gasteiger partial charge in [-0.2, -0.15) is 0 Å². The molecule has 0 aromatic carbocycles. The number of carbonyl (C=O) groups is 2. The highest BCUT2D eigenvalue weighted by molar-refractivity contribution is 5.74. The Hall–Kier alpha value is -1.38. The number of rotatable bonds is 7. The van der Waals surface area contributed by atoms with Crippen LogP contribution in [0.3, 0.4) is 0 Å². The molecule has 10 unspecified atom stereocenters. The first kappa shape index (κ1) is 27.9. The lowest BCUT2D eigenvalue weighted by molar-refractivity contribution is -0.327. The number of nitrogens with one attached hydrogen (secondary N) is 1. The second kappa shape index (κ2) is 10.9. The van der Waals surface area contributed by atoms with Gasteiger partial charge in [-0.3, -0.25) is 4.79 Å². The van der Waals surface area contributed by atoms with Crippen molar-refractivity contribution >= 4 is 11.9 Å². The first-order valence-electron chi connectivity index (χ1n) is 11.0. The van der Waals surface area contributed by atoms with E-state index in [9.17, 15) is 35.1 Å². The molecule has 10 atom stereocenters. The quantitative estimate of drug-likeness (QED) is 0.246. The Balaban J connectivity index is 2.39. The van der Waals surface area contributed by atoms with Gasteiger partial charge in [-0.1, -0.05) is 20.8 Å². The van der Waals surface area contributed by atoms with Crippen LogP contribution in [0.5, 0.6) is 0 Å². The van der Waals surface area contributed by atoms with Gasteiger partial charge in [0.05, 0.1) is 18.8 Å². The monoisotopic (exact) mass is 479 g/mol. The molecule has 1 amide bonds. The third-order valence-electron chi connectivity index (χ3n) is 5.63. The van der Waals surface area contributed by atoms with Crippen LogP contribution in [0.4, 0.5) is 0 Å². The fraction of sp³-hybridized carbons (Fsp3) is 0.905. The van der Waals surface area contributed by atoms with E-state index in [1.165, 1.54) is 6.92 Å². The summed E-state index contributed by atoms with van der Waals surface area (Å²) in [5.41, 5.74) is -0.693. The smallest absolute Gasteiger partial charge is 0.335 e. The minimum atomic E-state index is -1.67. The van der Waals surface area contributed by atoms with Gasteiger partial charge in [0.15, 0.2) is 12.4 Å². The highest BCUT2D eigenvalue weighted by Crippen LogP contribution is 2.36. The number of aliphatic carboxylic acids is 1. The number of carboxylic acids is 1. The van der Waals surface area contributed by atoms with Gasteiger partial charge in [-0.15, -0.1) is 0 Å². The molecule has 2 fully saturated rings. The molecule has 0 aromatic rings. The molecule has 6 N–H and O–H groups in total. The Morgan fingerprint density at radius 3 is 2.09 bits per heavy atom. The largest absolute Gasteiger partial charge is 0.479 e. The lowest BCUT2D eigenvalue weighted by Gasteiger charge is -2.49. The maximum absolute atomic E-state index is 12.0. The Morgan fingerprint density at radius 1 is 1.03 bits per heavy atom. The molecular weight excluding hydrogens is 442 g/mol. The van der Waals surface area contributed by atoms with Crippen molar-refractivity contribution in [3.8, 4) is 0 Å². The summed E-state index contributed by atoms with van der Waals surface area (Å²) >= 11 is 0. The van der Waals surface area contributed by atoms with E-state index in [0.717, 1.165) is 0 Å². The molecule has 12 heteroatoms. The van der Waals surface area contributed by atoms with E-state index in [-0.39, 0.29) is 6.10 Å². The van der Waals surface area contributed by atoms with E-state index >= 15 is 0 Å². The number of ether oxygens (including phenoxy) is 4. The van der Waals surface area contributed by atoms with Gasteiger partial charge in [0.25, 0.3) is 0 Å². The molecule has 2 rings (SSSR count). The second-order valence-electron chi connectivity index (χ2n) is 9.86. The van der Waals surface area contributed by atoms with Crippen molar-refractivity contribution in [1.82, 2.24) is 5.32 Å². The number of hydrogen-bond acceptors (Lipinski definition) is 10. The van der Waals surface area contributed by atoms with Crippen LogP contribution in [-0.2, 0) is 28.5 Å². The fourth-order valence-corrected chi connectivity index (χ4v) is 4.14. The van der Waals surface area contributed by atoms with Crippen molar-refractivity contribution in [2.45, 2.75) is 109 Å². The topological polar surface area (TPSA) is 184 Å². The fourth-order valence-electron chi connectivity index (χ4n) is 4.14. The van der Waals surface area contributed by atoms with Gasteiger partial charge in [0.1, 0.15) is 42.7 Å². The Kier molecular flexibility index (Phi) is 9.21. The molecule has 0 spiro atoms. The summed E-state index contributed by atoms with van der Waals surface area (Å²) in [5, 5.41) is 54.0. The minimum absolute atomic E-state index is 0.385. The predicted octanol–water partition coefficient (Wildman–Crippen LogP) is -1.63. The van der Waals surface area contributed by atoms with Gasteiger partial charge in [0, 0.05) is 6.92 Å². The van der Waals surface area contributed by atoms with Crippen molar-refractivity contribution in [2.24, 2.45) is 5.41 Å².